The Balaban J connectivity index is 1.94. The Labute approximate surface area is 131 Å². The summed E-state index contributed by atoms with van der Waals surface area (Å²) in [7, 11) is 0. The van der Waals surface area contributed by atoms with E-state index in [4.69, 9.17) is 4.74 Å². The first-order valence-corrected chi connectivity index (χ1v) is 7.18. The molecule has 2 aromatic carbocycles. The molecule has 21 heavy (non-hydrogen) atoms. The number of benzene rings is 2. The topological polar surface area (TPSA) is 63.0 Å². The molecule has 0 heterocycles. The molecule has 0 aliphatic rings. The predicted octanol–water partition coefficient (Wildman–Crippen LogP) is 4.74. The number of rotatable bonds is 5. The Morgan fingerprint density at radius 3 is 2.43 bits per heavy atom. The number of nitrogens with zero attached hydrogens (tertiary/aromatic N) is 2. The monoisotopic (exact) mass is 347 g/mol. The SMILES string of the molecule is CCOC(=O)c1ccc(NN=Nc2ccc(Br)cc2)cc1. The van der Waals surface area contributed by atoms with Crippen molar-refractivity contribution in [3.05, 3.63) is 58.6 Å². The number of hydrogen-bond acceptors (Lipinski definition) is 4. The highest BCUT2D eigenvalue weighted by atomic mass is 79.9. The molecule has 0 aliphatic carbocycles. The number of hydrogen-bond donors (Lipinski definition) is 1. The second kappa shape index (κ2) is 7.54. The maximum Gasteiger partial charge on any atom is 0.338 e. The van der Waals surface area contributed by atoms with Crippen LogP contribution < -0.4 is 5.43 Å². The van der Waals surface area contributed by atoms with E-state index in [0.29, 0.717) is 12.2 Å². The van der Waals surface area contributed by atoms with Crippen LogP contribution in [0.5, 0.6) is 0 Å². The van der Waals surface area contributed by atoms with Crippen molar-refractivity contribution in [3.8, 4) is 0 Å². The molecular weight excluding hydrogens is 334 g/mol. The standard InChI is InChI=1S/C15H14BrN3O2/c1-2-21-15(20)11-3-7-13(8-4-11)17-19-18-14-9-5-12(16)6-10-14/h3-10H,2H2,1H3,(H,17,18). The van der Waals surface area contributed by atoms with Gasteiger partial charge in [-0.1, -0.05) is 21.2 Å². The molecule has 2 aromatic rings. The van der Waals surface area contributed by atoms with Gasteiger partial charge in [0.15, 0.2) is 0 Å². The van der Waals surface area contributed by atoms with Crippen molar-refractivity contribution in [3.63, 3.8) is 0 Å². The summed E-state index contributed by atoms with van der Waals surface area (Å²) in [4.78, 5) is 11.5. The molecule has 0 fully saturated rings. The van der Waals surface area contributed by atoms with Gasteiger partial charge >= 0.3 is 5.97 Å². The second-order valence-electron chi connectivity index (χ2n) is 4.09. The molecule has 1 N–H and O–H groups in total. The van der Waals surface area contributed by atoms with E-state index in [1.54, 1.807) is 31.2 Å². The van der Waals surface area contributed by atoms with Crippen molar-refractivity contribution in [2.24, 2.45) is 10.3 Å². The van der Waals surface area contributed by atoms with Crippen molar-refractivity contribution in [1.82, 2.24) is 0 Å². The maximum atomic E-state index is 11.5. The molecular formula is C15H14BrN3O2. The highest BCUT2D eigenvalue weighted by Gasteiger charge is 2.04. The first-order valence-electron chi connectivity index (χ1n) is 6.38. The molecule has 0 saturated carbocycles. The highest BCUT2D eigenvalue weighted by Crippen LogP contribution is 2.17. The van der Waals surface area contributed by atoms with Gasteiger partial charge < -0.3 is 4.74 Å². The largest absolute Gasteiger partial charge is 0.462 e. The molecule has 0 bridgehead atoms. The number of carbonyl (C=O) groups is 1. The van der Waals surface area contributed by atoms with Crippen LogP contribution in [0.25, 0.3) is 0 Å². The zero-order chi connectivity index (χ0) is 15.1. The third-order valence-electron chi connectivity index (χ3n) is 2.57. The first kappa shape index (κ1) is 15.2. The van der Waals surface area contributed by atoms with Gasteiger partial charge in [-0.2, -0.15) is 0 Å². The molecule has 0 aromatic heterocycles. The third-order valence-corrected chi connectivity index (χ3v) is 3.10. The smallest absolute Gasteiger partial charge is 0.338 e. The van der Waals surface area contributed by atoms with Crippen LogP contribution in [0.3, 0.4) is 0 Å². The Bertz CT molecular complexity index is 624. The summed E-state index contributed by atoms with van der Waals surface area (Å²) < 4.78 is 5.90. The molecule has 0 saturated heterocycles. The summed E-state index contributed by atoms with van der Waals surface area (Å²) in [6, 6.07) is 14.3. The van der Waals surface area contributed by atoms with Gasteiger partial charge in [0.1, 0.15) is 0 Å². The molecule has 0 aliphatic heterocycles. The van der Waals surface area contributed by atoms with Crippen molar-refractivity contribution >= 4 is 33.3 Å². The molecule has 0 atom stereocenters. The maximum absolute atomic E-state index is 11.5. The normalized spacial score (nSPS) is 10.6. The highest BCUT2D eigenvalue weighted by molar-refractivity contribution is 9.10. The fraction of sp³-hybridized carbons (Fsp3) is 0.133. The summed E-state index contributed by atoms with van der Waals surface area (Å²) in [6.07, 6.45) is 0. The van der Waals surface area contributed by atoms with Gasteiger partial charge in [-0.15, -0.1) is 5.11 Å². The summed E-state index contributed by atoms with van der Waals surface area (Å²) >= 11 is 3.35. The van der Waals surface area contributed by atoms with Crippen molar-refractivity contribution in [1.29, 1.82) is 0 Å². The molecule has 0 amide bonds. The van der Waals surface area contributed by atoms with E-state index in [9.17, 15) is 4.79 Å². The molecule has 108 valence electrons. The van der Waals surface area contributed by atoms with Crippen LogP contribution >= 0.6 is 15.9 Å². The lowest BCUT2D eigenvalue weighted by Gasteiger charge is -2.03. The molecule has 0 unspecified atom stereocenters. The van der Waals surface area contributed by atoms with Gasteiger partial charge in [0.05, 0.1) is 23.5 Å². The summed E-state index contributed by atoms with van der Waals surface area (Å²) in [6.45, 7) is 2.14. The lowest BCUT2D eigenvalue weighted by molar-refractivity contribution is 0.0526. The van der Waals surface area contributed by atoms with Gasteiger partial charge in [-0.25, -0.2) is 4.79 Å². The van der Waals surface area contributed by atoms with E-state index >= 15 is 0 Å². The van der Waals surface area contributed by atoms with Gasteiger partial charge in [0.25, 0.3) is 0 Å². The zero-order valence-electron chi connectivity index (χ0n) is 11.4. The van der Waals surface area contributed by atoms with Crippen LogP contribution in [0.1, 0.15) is 17.3 Å². The number of halogens is 1. The van der Waals surface area contributed by atoms with Crippen molar-refractivity contribution < 1.29 is 9.53 Å². The van der Waals surface area contributed by atoms with Crippen molar-refractivity contribution in [2.75, 3.05) is 12.0 Å². The molecule has 2 rings (SSSR count). The fourth-order valence-electron chi connectivity index (χ4n) is 1.54. The summed E-state index contributed by atoms with van der Waals surface area (Å²) in [5.41, 5.74) is 4.79. The van der Waals surface area contributed by atoms with Crippen LogP contribution in [0.15, 0.2) is 63.3 Å². The van der Waals surface area contributed by atoms with E-state index in [2.05, 4.69) is 31.7 Å². The fourth-order valence-corrected chi connectivity index (χ4v) is 1.81. The molecule has 6 heteroatoms. The van der Waals surface area contributed by atoms with E-state index in [1.807, 2.05) is 24.3 Å². The van der Waals surface area contributed by atoms with Crippen LogP contribution in [-0.4, -0.2) is 12.6 Å². The number of ether oxygens (including phenoxy) is 1. The molecule has 0 spiro atoms. The van der Waals surface area contributed by atoms with E-state index in [0.717, 1.165) is 15.8 Å². The lowest BCUT2D eigenvalue weighted by atomic mass is 10.2. The number of anilines is 1. The third kappa shape index (κ3) is 4.68. The van der Waals surface area contributed by atoms with Crippen LogP contribution in [0, 0.1) is 0 Å². The van der Waals surface area contributed by atoms with Crippen LogP contribution in [0.4, 0.5) is 11.4 Å². The van der Waals surface area contributed by atoms with Gasteiger partial charge in [0, 0.05) is 4.47 Å². The van der Waals surface area contributed by atoms with E-state index in [1.165, 1.54) is 0 Å². The van der Waals surface area contributed by atoms with Crippen molar-refractivity contribution in [2.45, 2.75) is 6.92 Å². The summed E-state index contributed by atoms with van der Waals surface area (Å²) in [5, 5.41) is 7.93. The molecule has 5 nitrogen and oxygen atoms in total. The minimum atomic E-state index is -0.333. The summed E-state index contributed by atoms with van der Waals surface area (Å²) in [5.74, 6) is -0.333. The molecule has 0 radical (unpaired) electrons. The van der Waals surface area contributed by atoms with E-state index < -0.39 is 0 Å². The van der Waals surface area contributed by atoms with E-state index in [-0.39, 0.29) is 5.97 Å². The minimum absolute atomic E-state index is 0.333. The average Bonchev–Trinajstić information content (AvgIpc) is 2.50. The average molecular weight is 348 g/mol. The van der Waals surface area contributed by atoms with Gasteiger partial charge in [-0.05, 0) is 55.5 Å². The Morgan fingerprint density at radius 1 is 1.14 bits per heavy atom. The number of carbonyl (C=O) groups excluding carboxylic acids is 1. The Kier molecular flexibility index (Phi) is 5.45. The second-order valence-corrected chi connectivity index (χ2v) is 5.00. The lowest BCUT2D eigenvalue weighted by Crippen LogP contribution is -2.04. The number of nitrogens with one attached hydrogen (secondary N) is 1. The van der Waals surface area contributed by atoms with Crippen LogP contribution in [-0.2, 0) is 4.74 Å². The first-order chi connectivity index (χ1) is 10.2. The predicted molar refractivity (Wildman–Crippen MR) is 84.7 cm³/mol. The zero-order valence-corrected chi connectivity index (χ0v) is 13.0. The number of esters is 1. The minimum Gasteiger partial charge on any atom is -0.462 e. The quantitative estimate of drug-likeness (QED) is 0.482. The van der Waals surface area contributed by atoms with Gasteiger partial charge in [-0.3, -0.25) is 5.43 Å². The Morgan fingerprint density at radius 2 is 1.81 bits per heavy atom. The van der Waals surface area contributed by atoms with Gasteiger partial charge in [0.2, 0.25) is 0 Å². The van der Waals surface area contributed by atoms with Crippen LogP contribution in [0.2, 0.25) is 0 Å². The Hall–Kier alpha value is -2.21.